The number of ether oxygens (including phenoxy) is 1. The van der Waals surface area contributed by atoms with Gasteiger partial charge in [-0.25, -0.2) is 4.98 Å². The van der Waals surface area contributed by atoms with Crippen LogP contribution >= 0.6 is 11.3 Å². The third kappa shape index (κ3) is 4.48. The molecule has 1 N–H and O–H groups in total. The molecule has 22 heavy (non-hydrogen) atoms. The lowest BCUT2D eigenvalue weighted by atomic mass is 10.0. The van der Waals surface area contributed by atoms with E-state index < -0.39 is 10.2 Å². The van der Waals surface area contributed by atoms with Gasteiger partial charge in [-0.1, -0.05) is 6.92 Å². The SMILES string of the molecule is CCc1nc(C)c(CNS(=O)(=O)N2CCC[C@H](COC)C2)s1. The Morgan fingerprint density at radius 1 is 1.50 bits per heavy atom. The van der Waals surface area contributed by atoms with E-state index in [0.717, 1.165) is 34.8 Å². The van der Waals surface area contributed by atoms with Crippen molar-refractivity contribution in [2.75, 3.05) is 26.8 Å². The zero-order valence-electron chi connectivity index (χ0n) is 13.5. The number of aromatic nitrogens is 1. The molecule has 1 atom stereocenters. The van der Waals surface area contributed by atoms with E-state index in [9.17, 15) is 8.42 Å². The fourth-order valence-electron chi connectivity index (χ4n) is 2.67. The number of rotatable bonds is 7. The smallest absolute Gasteiger partial charge is 0.279 e. The van der Waals surface area contributed by atoms with Gasteiger partial charge in [-0.2, -0.15) is 17.4 Å². The first-order valence-corrected chi connectivity index (χ1v) is 9.90. The zero-order valence-corrected chi connectivity index (χ0v) is 15.1. The molecule has 1 aliphatic heterocycles. The van der Waals surface area contributed by atoms with E-state index in [2.05, 4.69) is 16.6 Å². The monoisotopic (exact) mass is 347 g/mol. The summed E-state index contributed by atoms with van der Waals surface area (Å²) < 4.78 is 34.3. The molecule has 126 valence electrons. The van der Waals surface area contributed by atoms with Crippen molar-refractivity contribution in [1.82, 2.24) is 14.0 Å². The van der Waals surface area contributed by atoms with Crippen LogP contribution in [0.1, 0.15) is 35.3 Å². The molecule has 1 saturated heterocycles. The van der Waals surface area contributed by atoms with Crippen LogP contribution in [0.5, 0.6) is 0 Å². The van der Waals surface area contributed by atoms with Crippen molar-refractivity contribution in [3.8, 4) is 0 Å². The van der Waals surface area contributed by atoms with E-state index in [1.165, 1.54) is 4.31 Å². The van der Waals surface area contributed by atoms with Gasteiger partial charge in [0, 0.05) is 31.6 Å². The molecule has 6 nitrogen and oxygen atoms in total. The highest BCUT2D eigenvalue weighted by atomic mass is 32.2. The maximum absolute atomic E-state index is 12.5. The van der Waals surface area contributed by atoms with E-state index in [-0.39, 0.29) is 5.92 Å². The van der Waals surface area contributed by atoms with Gasteiger partial charge in [0.15, 0.2) is 0 Å². The second-order valence-electron chi connectivity index (χ2n) is 5.62. The number of nitrogens with zero attached hydrogens (tertiary/aromatic N) is 2. The van der Waals surface area contributed by atoms with Crippen molar-refractivity contribution >= 4 is 21.5 Å². The Hall–Kier alpha value is -0.540. The summed E-state index contributed by atoms with van der Waals surface area (Å²) in [6.45, 7) is 6.02. The van der Waals surface area contributed by atoms with E-state index in [1.807, 2.05) is 6.92 Å². The second-order valence-corrected chi connectivity index (χ2v) is 8.54. The minimum Gasteiger partial charge on any atom is -0.384 e. The fraction of sp³-hybridized carbons (Fsp3) is 0.786. The Morgan fingerprint density at radius 2 is 2.27 bits per heavy atom. The molecule has 0 aromatic carbocycles. The molecule has 0 saturated carbocycles. The highest BCUT2D eigenvalue weighted by molar-refractivity contribution is 7.87. The quantitative estimate of drug-likeness (QED) is 0.815. The van der Waals surface area contributed by atoms with Crippen LogP contribution in [0.25, 0.3) is 0 Å². The highest BCUT2D eigenvalue weighted by Crippen LogP contribution is 2.21. The average molecular weight is 348 g/mol. The molecule has 1 aromatic heterocycles. The van der Waals surface area contributed by atoms with E-state index in [0.29, 0.717) is 26.2 Å². The molecule has 1 fully saturated rings. The van der Waals surface area contributed by atoms with Crippen molar-refractivity contribution in [2.24, 2.45) is 5.92 Å². The maximum atomic E-state index is 12.5. The van der Waals surface area contributed by atoms with Crippen molar-refractivity contribution in [3.05, 3.63) is 15.6 Å². The van der Waals surface area contributed by atoms with Gasteiger partial charge in [0.1, 0.15) is 0 Å². The molecule has 0 spiro atoms. The molecule has 0 bridgehead atoms. The van der Waals surface area contributed by atoms with Crippen LogP contribution in [0, 0.1) is 12.8 Å². The number of thiazole rings is 1. The molecule has 0 amide bonds. The average Bonchev–Trinajstić information content (AvgIpc) is 2.86. The predicted molar refractivity (Wildman–Crippen MR) is 88.2 cm³/mol. The lowest BCUT2D eigenvalue weighted by Gasteiger charge is -2.31. The molecular formula is C14H25N3O3S2. The topological polar surface area (TPSA) is 71.5 Å². The maximum Gasteiger partial charge on any atom is 0.279 e. The number of aryl methyl sites for hydroxylation is 2. The zero-order chi connectivity index (χ0) is 16.2. The van der Waals surface area contributed by atoms with Crippen LogP contribution < -0.4 is 4.72 Å². The number of nitrogens with one attached hydrogen (secondary N) is 1. The second kappa shape index (κ2) is 7.83. The summed E-state index contributed by atoms with van der Waals surface area (Å²) in [6.07, 6.45) is 2.78. The van der Waals surface area contributed by atoms with Crippen LogP contribution in [0.2, 0.25) is 0 Å². The summed E-state index contributed by atoms with van der Waals surface area (Å²) >= 11 is 1.58. The fourth-order valence-corrected chi connectivity index (χ4v) is 4.99. The molecule has 8 heteroatoms. The van der Waals surface area contributed by atoms with Gasteiger partial charge in [-0.3, -0.25) is 0 Å². The summed E-state index contributed by atoms with van der Waals surface area (Å²) in [5, 5.41) is 1.05. The molecule has 0 unspecified atom stereocenters. The summed E-state index contributed by atoms with van der Waals surface area (Å²) in [5.74, 6) is 0.284. The number of hydrogen-bond acceptors (Lipinski definition) is 5. The van der Waals surface area contributed by atoms with Crippen molar-refractivity contribution in [3.63, 3.8) is 0 Å². The van der Waals surface area contributed by atoms with Crippen LogP contribution in [0.3, 0.4) is 0 Å². The van der Waals surface area contributed by atoms with Gasteiger partial charge in [0.2, 0.25) is 0 Å². The van der Waals surface area contributed by atoms with Crippen LogP contribution in [0.15, 0.2) is 0 Å². The summed E-state index contributed by atoms with van der Waals surface area (Å²) in [6, 6.07) is 0. The summed E-state index contributed by atoms with van der Waals surface area (Å²) in [5.41, 5.74) is 0.917. The summed E-state index contributed by atoms with van der Waals surface area (Å²) in [4.78, 5) is 5.42. The first-order chi connectivity index (χ1) is 10.5. The largest absolute Gasteiger partial charge is 0.384 e. The molecule has 2 rings (SSSR count). The first-order valence-electron chi connectivity index (χ1n) is 7.65. The normalized spacial score (nSPS) is 20.4. The minimum atomic E-state index is -3.44. The minimum absolute atomic E-state index is 0.284. The van der Waals surface area contributed by atoms with Gasteiger partial charge < -0.3 is 4.74 Å². The Labute approximate surface area is 137 Å². The Kier molecular flexibility index (Phi) is 6.34. The lowest BCUT2D eigenvalue weighted by Crippen LogP contribution is -2.46. The third-order valence-electron chi connectivity index (χ3n) is 3.88. The standard InChI is InChI=1S/C14H25N3O3S2/c1-4-14-16-11(2)13(21-14)8-15-22(18,19)17-7-5-6-12(9-17)10-20-3/h12,15H,4-10H2,1-3H3/t12-/m0/s1. The summed E-state index contributed by atoms with van der Waals surface area (Å²) in [7, 11) is -1.78. The molecule has 1 aliphatic rings. The Morgan fingerprint density at radius 3 is 2.91 bits per heavy atom. The van der Waals surface area contributed by atoms with Gasteiger partial charge in [-0.05, 0) is 32.1 Å². The Bertz CT molecular complexity index is 584. The number of piperidine rings is 1. The predicted octanol–water partition coefficient (Wildman–Crippen LogP) is 1.71. The molecule has 1 aromatic rings. The van der Waals surface area contributed by atoms with Gasteiger partial charge in [-0.15, -0.1) is 11.3 Å². The van der Waals surface area contributed by atoms with Gasteiger partial charge in [0.05, 0.1) is 17.3 Å². The highest BCUT2D eigenvalue weighted by Gasteiger charge is 2.28. The van der Waals surface area contributed by atoms with E-state index in [1.54, 1.807) is 18.4 Å². The molecule has 2 heterocycles. The van der Waals surface area contributed by atoms with Crippen molar-refractivity contribution in [1.29, 1.82) is 0 Å². The molecular weight excluding hydrogens is 322 g/mol. The van der Waals surface area contributed by atoms with Crippen LogP contribution in [-0.2, 0) is 27.9 Å². The van der Waals surface area contributed by atoms with Gasteiger partial charge in [0.25, 0.3) is 10.2 Å². The number of hydrogen-bond donors (Lipinski definition) is 1. The van der Waals surface area contributed by atoms with Crippen LogP contribution in [-0.4, -0.2) is 44.5 Å². The third-order valence-corrected chi connectivity index (χ3v) is 6.70. The van der Waals surface area contributed by atoms with E-state index in [4.69, 9.17) is 4.74 Å². The Balaban J connectivity index is 1.96. The molecule has 0 aliphatic carbocycles. The van der Waals surface area contributed by atoms with E-state index >= 15 is 0 Å². The van der Waals surface area contributed by atoms with Gasteiger partial charge >= 0.3 is 0 Å². The molecule has 0 radical (unpaired) electrons. The van der Waals surface area contributed by atoms with Crippen molar-refractivity contribution < 1.29 is 13.2 Å². The van der Waals surface area contributed by atoms with Crippen molar-refractivity contribution in [2.45, 2.75) is 39.7 Å². The lowest BCUT2D eigenvalue weighted by molar-refractivity contribution is 0.118. The van der Waals surface area contributed by atoms with Crippen LogP contribution in [0.4, 0.5) is 0 Å². The number of methoxy groups -OCH3 is 1. The first kappa shape index (κ1) is 17.8.